The SMILES string of the molecule is Nc1c(F)c(-c2ccc(Cl)c(CCF)c2F)nc(C(=O)O)c1Cl. The molecule has 0 aliphatic carbocycles. The van der Waals surface area contributed by atoms with Gasteiger partial charge in [-0.3, -0.25) is 4.39 Å². The predicted molar refractivity (Wildman–Crippen MR) is 80.7 cm³/mol. The molecule has 2 aromatic rings. The van der Waals surface area contributed by atoms with Gasteiger partial charge in [0.05, 0.1) is 17.4 Å². The first kappa shape index (κ1) is 17.4. The lowest BCUT2D eigenvalue weighted by molar-refractivity contribution is 0.0691. The quantitative estimate of drug-likeness (QED) is 0.855. The highest BCUT2D eigenvalue weighted by molar-refractivity contribution is 6.35. The Hall–Kier alpha value is -1.99. The van der Waals surface area contributed by atoms with E-state index in [4.69, 9.17) is 34.0 Å². The van der Waals surface area contributed by atoms with E-state index < -0.39 is 46.4 Å². The summed E-state index contributed by atoms with van der Waals surface area (Å²) in [7, 11) is 0. The van der Waals surface area contributed by atoms with Crippen molar-refractivity contribution in [2.45, 2.75) is 6.42 Å². The third kappa shape index (κ3) is 3.07. The minimum absolute atomic E-state index is 0.0373. The molecule has 0 saturated heterocycles. The van der Waals surface area contributed by atoms with Gasteiger partial charge < -0.3 is 10.8 Å². The molecule has 0 spiro atoms. The van der Waals surface area contributed by atoms with Gasteiger partial charge in [0.2, 0.25) is 0 Å². The smallest absolute Gasteiger partial charge is 0.356 e. The van der Waals surface area contributed by atoms with Crippen molar-refractivity contribution in [3.63, 3.8) is 0 Å². The minimum atomic E-state index is -1.55. The summed E-state index contributed by atoms with van der Waals surface area (Å²) in [5.74, 6) is -3.73. The van der Waals surface area contributed by atoms with Gasteiger partial charge in [-0.05, 0) is 12.1 Å². The number of anilines is 1. The van der Waals surface area contributed by atoms with Crippen LogP contribution >= 0.6 is 23.2 Å². The summed E-state index contributed by atoms with van der Waals surface area (Å²) in [6.07, 6.45) is -0.324. The Morgan fingerprint density at radius 3 is 2.48 bits per heavy atom. The van der Waals surface area contributed by atoms with Gasteiger partial charge in [-0.25, -0.2) is 18.6 Å². The van der Waals surface area contributed by atoms with Crippen LogP contribution in [-0.4, -0.2) is 22.7 Å². The third-order valence-electron chi connectivity index (χ3n) is 3.10. The van der Waals surface area contributed by atoms with E-state index in [0.717, 1.165) is 6.07 Å². The van der Waals surface area contributed by atoms with Gasteiger partial charge in [-0.2, -0.15) is 0 Å². The van der Waals surface area contributed by atoms with E-state index in [-0.39, 0.29) is 22.6 Å². The van der Waals surface area contributed by atoms with Gasteiger partial charge >= 0.3 is 5.97 Å². The van der Waals surface area contributed by atoms with Crippen LogP contribution in [0.1, 0.15) is 16.1 Å². The van der Waals surface area contributed by atoms with Crippen molar-refractivity contribution >= 4 is 34.9 Å². The molecule has 0 unspecified atom stereocenters. The number of nitrogens with two attached hydrogens (primary N) is 1. The third-order valence-corrected chi connectivity index (χ3v) is 3.84. The van der Waals surface area contributed by atoms with E-state index >= 15 is 0 Å². The average molecular weight is 365 g/mol. The number of carboxylic acid groups (broad SMARTS) is 1. The van der Waals surface area contributed by atoms with Crippen molar-refractivity contribution in [3.8, 4) is 11.3 Å². The summed E-state index contributed by atoms with van der Waals surface area (Å²) in [6.45, 7) is -0.876. The van der Waals surface area contributed by atoms with Gasteiger partial charge in [0, 0.05) is 22.6 Å². The molecule has 1 aromatic heterocycles. The van der Waals surface area contributed by atoms with Crippen LogP contribution in [0.5, 0.6) is 0 Å². The largest absolute Gasteiger partial charge is 0.476 e. The second-order valence-corrected chi connectivity index (χ2v) is 5.27. The van der Waals surface area contributed by atoms with Crippen molar-refractivity contribution in [3.05, 3.63) is 45.1 Å². The van der Waals surface area contributed by atoms with Crippen molar-refractivity contribution in [2.75, 3.05) is 12.4 Å². The molecule has 122 valence electrons. The van der Waals surface area contributed by atoms with Crippen molar-refractivity contribution < 1.29 is 23.1 Å². The summed E-state index contributed by atoms with van der Waals surface area (Å²) in [6, 6.07) is 2.33. The van der Waals surface area contributed by atoms with E-state index in [1.807, 2.05) is 0 Å². The van der Waals surface area contributed by atoms with Gasteiger partial charge in [0.25, 0.3) is 0 Å². The van der Waals surface area contributed by atoms with Crippen molar-refractivity contribution in [1.29, 1.82) is 0 Å². The Balaban J connectivity index is 2.77. The summed E-state index contributed by atoms with van der Waals surface area (Å²) >= 11 is 11.4. The summed E-state index contributed by atoms with van der Waals surface area (Å²) < 4.78 is 41.2. The highest BCUT2D eigenvalue weighted by atomic mass is 35.5. The molecule has 0 fully saturated rings. The minimum Gasteiger partial charge on any atom is -0.476 e. The first-order valence-electron chi connectivity index (χ1n) is 6.20. The highest BCUT2D eigenvalue weighted by Gasteiger charge is 2.24. The zero-order valence-corrected chi connectivity index (χ0v) is 12.9. The van der Waals surface area contributed by atoms with Crippen LogP contribution in [0.3, 0.4) is 0 Å². The molecule has 0 amide bonds. The van der Waals surface area contributed by atoms with Gasteiger partial charge in [-0.1, -0.05) is 23.2 Å². The number of nitrogens with zero attached hydrogens (tertiary/aromatic N) is 1. The first-order valence-corrected chi connectivity index (χ1v) is 6.96. The highest BCUT2D eigenvalue weighted by Crippen LogP contribution is 2.35. The maximum atomic E-state index is 14.5. The fraction of sp³-hybridized carbons (Fsp3) is 0.143. The number of pyridine rings is 1. The van der Waals surface area contributed by atoms with Gasteiger partial charge in [0.15, 0.2) is 11.5 Å². The number of nitrogen functional groups attached to an aromatic ring is 1. The Morgan fingerprint density at radius 2 is 1.91 bits per heavy atom. The number of carboxylic acids is 1. The standard InChI is InChI=1S/C14H9Cl2F3N2O2/c15-7-2-1-6(9(18)5(7)3-4-17)12-10(19)11(20)8(16)13(21-12)14(22)23/h1-2H,3-4H2,(H2,20,21)(H,22,23). The number of benzene rings is 1. The van der Waals surface area contributed by atoms with E-state index in [0.29, 0.717) is 0 Å². The molecular formula is C14H9Cl2F3N2O2. The second kappa shape index (κ2) is 6.64. The lowest BCUT2D eigenvalue weighted by Crippen LogP contribution is -2.09. The molecule has 9 heteroatoms. The van der Waals surface area contributed by atoms with Crippen LogP contribution in [-0.2, 0) is 6.42 Å². The number of hydrogen-bond acceptors (Lipinski definition) is 3. The molecule has 0 saturated carbocycles. The second-order valence-electron chi connectivity index (χ2n) is 4.48. The normalized spacial score (nSPS) is 10.8. The Labute approximate surface area is 138 Å². The zero-order valence-electron chi connectivity index (χ0n) is 11.3. The number of hydrogen-bond donors (Lipinski definition) is 2. The van der Waals surface area contributed by atoms with Gasteiger partial charge in [0.1, 0.15) is 11.5 Å². The van der Waals surface area contributed by atoms with Crippen molar-refractivity contribution in [1.82, 2.24) is 4.98 Å². The molecule has 23 heavy (non-hydrogen) atoms. The summed E-state index contributed by atoms with van der Waals surface area (Å²) in [5, 5.41) is 8.39. The van der Waals surface area contributed by atoms with Crippen LogP contribution in [0.4, 0.5) is 18.9 Å². The van der Waals surface area contributed by atoms with E-state index in [9.17, 15) is 18.0 Å². The zero-order chi connectivity index (χ0) is 17.3. The maximum absolute atomic E-state index is 14.5. The lowest BCUT2D eigenvalue weighted by Gasteiger charge is -2.12. The Kier molecular flexibility index (Phi) is 5.01. The fourth-order valence-corrected chi connectivity index (χ4v) is 2.43. The molecular weight excluding hydrogens is 356 g/mol. The molecule has 0 bridgehead atoms. The number of halogens is 5. The predicted octanol–water partition coefficient (Wildman–Crippen LogP) is 4.13. The Bertz CT molecular complexity index is 800. The monoisotopic (exact) mass is 364 g/mol. The maximum Gasteiger partial charge on any atom is 0.356 e. The number of carbonyl (C=O) groups is 1. The Morgan fingerprint density at radius 1 is 1.26 bits per heavy atom. The number of rotatable bonds is 4. The molecule has 0 aliphatic rings. The molecule has 1 heterocycles. The molecule has 0 radical (unpaired) electrons. The van der Waals surface area contributed by atoms with Crippen LogP contribution in [0.2, 0.25) is 10.0 Å². The number of aromatic nitrogens is 1. The van der Waals surface area contributed by atoms with Gasteiger partial charge in [-0.15, -0.1) is 0 Å². The average Bonchev–Trinajstić information content (AvgIpc) is 2.50. The van der Waals surface area contributed by atoms with Crippen molar-refractivity contribution in [2.24, 2.45) is 0 Å². The number of aromatic carboxylic acids is 1. The van der Waals surface area contributed by atoms with Crippen LogP contribution in [0.15, 0.2) is 12.1 Å². The lowest BCUT2D eigenvalue weighted by atomic mass is 10.0. The first-order chi connectivity index (χ1) is 10.8. The molecule has 4 nitrogen and oxygen atoms in total. The number of alkyl halides is 1. The fourth-order valence-electron chi connectivity index (χ4n) is 1.99. The molecule has 0 aliphatic heterocycles. The summed E-state index contributed by atoms with van der Waals surface area (Å²) in [4.78, 5) is 14.6. The van der Waals surface area contributed by atoms with Crippen LogP contribution < -0.4 is 5.73 Å². The van der Waals surface area contributed by atoms with E-state index in [2.05, 4.69) is 4.98 Å². The van der Waals surface area contributed by atoms with E-state index in [1.165, 1.54) is 6.07 Å². The van der Waals surface area contributed by atoms with Crippen LogP contribution in [0, 0.1) is 11.6 Å². The summed E-state index contributed by atoms with van der Waals surface area (Å²) in [5.41, 5.74) is 2.83. The molecule has 2 rings (SSSR count). The molecule has 0 atom stereocenters. The molecule has 1 aromatic carbocycles. The molecule has 3 N–H and O–H groups in total. The topological polar surface area (TPSA) is 76.2 Å². The van der Waals surface area contributed by atoms with E-state index in [1.54, 1.807) is 0 Å². The van der Waals surface area contributed by atoms with Crippen LogP contribution in [0.25, 0.3) is 11.3 Å².